The molecule has 1 heterocycles. The van der Waals surface area contributed by atoms with Crippen molar-refractivity contribution in [3.8, 4) is 11.8 Å². The van der Waals surface area contributed by atoms with E-state index < -0.39 is 0 Å². The summed E-state index contributed by atoms with van der Waals surface area (Å²) in [4.78, 5) is 11.7. The van der Waals surface area contributed by atoms with Crippen LogP contribution in [0.15, 0.2) is 18.2 Å². The first kappa shape index (κ1) is 14.2. The molecule has 6 heteroatoms. The number of benzene rings is 1. The highest BCUT2D eigenvalue weighted by molar-refractivity contribution is 5.78. The first-order chi connectivity index (χ1) is 9.69. The van der Waals surface area contributed by atoms with Gasteiger partial charge in [-0.3, -0.25) is 4.79 Å². The third-order valence-electron chi connectivity index (χ3n) is 3.08. The molecule has 1 amide bonds. The van der Waals surface area contributed by atoms with Crippen LogP contribution in [0.25, 0.3) is 0 Å². The molecule has 0 aromatic heterocycles. The van der Waals surface area contributed by atoms with Gasteiger partial charge >= 0.3 is 0 Å². The maximum absolute atomic E-state index is 11.7. The predicted octanol–water partition coefficient (Wildman–Crippen LogP) is 0.814. The number of nitrogens with two attached hydrogens (primary N) is 1. The predicted molar refractivity (Wildman–Crippen MR) is 73.0 cm³/mol. The lowest BCUT2D eigenvalue weighted by atomic mass is 10.1. The van der Waals surface area contributed by atoms with Gasteiger partial charge in [0, 0.05) is 19.3 Å². The lowest BCUT2D eigenvalue weighted by Gasteiger charge is -2.23. The van der Waals surface area contributed by atoms with Crippen LogP contribution < -0.4 is 15.8 Å². The Labute approximate surface area is 117 Å². The van der Waals surface area contributed by atoms with Crippen LogP contribution in [0.5, 0.6) is 5.75 Å². The molecular formula is C14H17N3O3. The van der Waals surface area contributed by atoms with Crippen molar-refractivity contribution in [2.24, 2.45) is 0 Å². The molecule has 1 saturated heterocycles. The highest BCUT2D eigenvalue weighted by atomic mass is 16.5. The lowest BCUT2D eigenvalue weighted by Crippen LogP contribution is -2.41. The summed E-state index contributed by atoms with van der Waals surface area (Å²) in [5, 5.41) is 11.6. The molecule has 1 fully saturated rings. The Balaban J connectivity index is 1.82. The number of nitriles is 1. The molecule has 1 aromatic carbocycles. The molecule has 0 unspecified atom stereocenters. The molecule has 20 heavy (non-hydrogen) atoms. The van der Waals surface area contributed by atoms with Crippen molar-refractivity contribution >= 4 is 11.6 Å². The lowest BCUT2D eigenvalue weighted by molar-refractivity contribution is -0.124. The Morgan fingerprint density at radius 2 is 2.25 bits per heavy atom. The third-order valence-corrected chi connectivity index (χ3v) is 3.08. The van der Waals surface area contributed by atoms with Gasteiger partial charge < -0.3 is 20.5 Å². The second kappa shape index (κ2) is 6.78. The molecule has 106 valence electrons. The van der Waals surface area contributed by atoms with E-state index in [1.165, 1.54) is 6.07 Å². The number of nitrogen functional groups attached to an aromatic ring is 1. The monoisotopic (exact) mass is 275 g/mol. The van der Waals surface area contributed by atoms with Gasteiger partial charge in [-0.2, -0.15) is 5.26 Å². The molecule has 0 saturated carbocycles. The van der Waals surface area contributed by atoms with E-state index in [9.17, 15) is 4.79 Å². The largest absolute Gasteiger partial charge is 0.482 e. The normalized spacial score (nSPS) is 15.3. The van der Waals surface area contributed by atoms with Gasteiger partial charge in [0.15, 0.2) is 6.61 Å². The van der Waals surface area contributed by atoms with Gasteiger partial charge in [0.1, 0.15) is 5.75 Å². The van der Waals surface area contributed by atoms with Gasteiger partial charge in [-0.15, -0.1) is 0 Å². The van der Waals surface area contributed by atoms with E-state index in [-0.39, 0.29) is 18.6 Å². The van der Waals surface area contributed by atoms with Crippen molar-refractivity contribution in [3.63, 3.8) is 0 Å². The molecule has 0 aliphatic carbocycles. The summed E-state index contributed by atoms with van der Waals surface area (Å²) in [7, 11) is 0. The van der Waals surface area contributed by atoms with Crippen molar-refractivity contribution in [2.75, 3.05) is 25.6 Å². The highest BCUT2D eigenvalue weighted by Gasteiger charge is 2.16. The number of amides is 1. The number of hydrogen-bond acceptors (Lipinski definition) is 5. The van der Waals surface area contributed by atoms with Crippen LogP contribution in [-0.4, -0.2) is 31.8 Å². The molecule has 0 atom stereocenters. The third kappa shape index (κ3) is 3.87. The van der Waals surface area contributed by atoms with Crippen LogP contribution >= 0.6 is 0 Å². The van der Waals surface area contributed by atoms with Gasteiger partial charge in [-0.1, -0.05) is 0 Å². The minimum atomic E-state index is -0.180. The second-order valence-electron chi connectivity index (χ2n) is 4.61. The Hall–Kier alpha value is -2.26. The van der Waals surface area contributed by atoms with E-state index in [1.54, 1.807) is 12.1 Å². The number of ether oxygens (including phenoxy) is 2. The molecule has 0 bridgehead atoms. The maximum Gasteiger partial charge on any atom is 0.258 e. The summed E-state index contributed by atoms with van der Waals surface area (Å²) in [6, 6.07) is 6.85. The minimum Gasteiger partial charge on any atom is -0.482 e. The summed E-state index contributed by atoms with van der Waals surface area (Å²) in [5.74, 6) is 0.229. The fourth-order valence-electron chi connectivity index (χ4n) is 2.00. The number of nitrogens with zero attached hydrogens (tertiary/aromatic N) is 1. The number of nitrogens with one attached hydrogen (secondary N) is 1. The van der Waals surface area contributed by atoms with Crippen LogP contribution in [-0.2, 0) is 9.53 Å². The summed E-state index contributed by atoms with van der Waals surface area (Å²) in [6.07, 6.45) is 1.65. The molecule has 6 nitrogen and oxygen atoms in total. The smallest absolute Gasteiger partial charge is 0.258 e. The molecule has 0 radical (unpaired) electrons. The molecule has 1 aliphatic heterocycles. The standard InChI is InChI=1S/C14H17N3O3/c15-8-10-1-2-13(12(16)7-10)20-9-14(18)17-11-3-5-19-6-4-11/h1-2,7,11H,3-6,9,16H2,(H,17,18). The molecule has 1 aliphatic rings. The maximum atomic E-state index is 11.7. The summed E-state index contributed by atoms with van der Waals surface area (Å²) in [5.41, 5.74) is 6.55. The van der Waals surface area contributed by atoms with E-state index >= 15 is 0 Å². The fraction of sp³-hybridized carbons (Fsp3) is 0.429. The number of rotatable bonds is 4. The van der Waals surface area contributed by atoms with Crippen LogP contribution in [0.2, 0.25) is 0 Å². The topological polar surface area (TPSA) is 97.4 Å². The van der Waals surface area contributed by atoms with Crippen molar-refractivity contribution in [1.29, 1.82) is 5.26 Å². The van der Waals surface area contributed by atoms with Gasteiger partial charge in [-0.25, -0.2) is 0 Å². The minimum absolute atomic E-state index is 0.0898. The summed E-state index contributed by atoms with van der Waals surface area (Å²) in [6.45, 7) is 1.26. The molecular weight excluding hydrogens is 258 g/mol. The molecule has 3 N–H and O–H groups in total. The van der Waals surface area contributed by atoms with Crippen molar-refractivity contribution in [1.82, 2.24) is 5.32 Å². The summed E-state index contributed by atoms with van der Waals surface area (Å²) < 4.78 is 10.6. The number of carbonyl (C=O) groups is 1. The number of carbonyl (C=O) groups excluding carboxylic acids is 1. The quantitative estimate of drug-likeness (QED) is 0.793. The van der Waals surface area contributed by atoms with Crippen LogP contribution in [0.4, 0.5) is 5.69 Å². The van der Waals surface area contributed by atoms with Gasteiger partial charge in [0.2, 0.25) is 0 Å². The van der Waals surface area contributed by atoms with E-state index in [0.717, 1.165) is 12.8 Å². The average Bonchev–Trinajstić information content (AvgIpc) is 2.47. The highest BCUT2D eigenvalue weighted by Crippen LogP contribution is 2.22. The van der Waals surface area contributed by atoms with E-state index in [4.69, 9.17) is 20.5 Å². The van der Waals surface area contributed by atoms with E-state index in [0.29, 0.717) is 30.2 Å². The van der Waals surface area contributed by atoms with Crippen molar-refractivity contribution in [2.45, 2.75) is 18.9 Å². The Morgan fingerprint density at radius 1 is 1.50 bits per heavy atom. The molecule has 2 rings (SSSR count). The molecule has 0 spiro atoms. The Kier molecular flexibility index (Phi) is 4.80. The van der Waals surface area contributed by atoms with E-state index in [2.05, 4.69) is 5.32 Å². The van der Waals surface area contributed by atoms with E-state index in [1.807, 2.05) is 6.07 Å². The first-order valence-corrected chi connectivity index (χ1v) is 6.48. The summed E-state index contributed by atoms with van der Waals surface area (Å²) >= 11 is 0. The zero-order chi connectivity index (χ0) is 14.4. The van der Waals surface area contributed by atoms with Crippen LogP contribution in [0, 0.1) is 11.3 Å². The van der Waals surface area contributed by atoms with Crippen molar-refractivity contribution < 1.29 is 14.3 Å². The molecule has 1 aromatic rings. The Bertz CT molecular complexity index is 519. The average molecular weight is 275 g/mol. The number of hydrogen-bond donors (Lipinski definition) is 2. The van der Waals surface area contributed by atoms with Gasteiger partial charge in [0.05, 0.1) is 17.3 Å². The SMILES string of the molecule is N#Cc1ccc(OCC(=O)NC2CCOCC2)c(N)c1. The van der Waals surface area contributed by atoms with Crippen molar-refractivity contribution in [3.05, 3.63) is 23.8 Å². The first-order valence-electron chi connectivity index (χ1n) is 6.48. The zero-order valence-electron chi connectivity index (χ0n) is 11.1. The number of anilines is 1. The van der Waals surface area contributed by atoms with Crippen LogP contribution in [0.1, 0.15) is 18.4 Å². The second-order valence-corrected chi connectivity index (χ2v) is 4.61. The van der Waals surface area contributed by atoms with Gasteiger partial charge in [-0.05, 0) is 31.0 Å². The fourth-order valence-corrected chi connectivity index (χ4v) is 2.00. The Morgan fingerprint density at radius 3 is 2.90 bits per heavy atom. The zero-order valence-corrected chi connectivity index (χ0v) is 11.1. The van der Waals surface area contributed by atoms with Crippen LogP contribution in [0.3, 0.4) is 0 Å². The van der Waals surface area contributed by atoms with Gasteiger partial charge in [0.25, 0.3) is 5.91 Å².